The van der Waals surface area contributed by atoms with Gasteiger partial charge in [-0.2, -0.15) is 0 Å². The quantitative estimate of drug-likeness (QED) is 0.544. The maximum atomic E-state index is 6.60. The molecule has 1 aliphatic heterocycles. The summed E-state index contributed by atoms with van der Waals surface area (Å²) in [5, 5.41) is 0. The van der Waals surface area contributed by atoms with E-state index in [0.717, 1.165) is 11.1 Å². The zero-order chi connectivity index (χ0) is 24.7. The van der Waals surface area contributed by atoms with Crippen LogP contribution >= 0.6 is 0 Å². The van der Waals surface area contributed by atoms with E-state index in [-0.39, 0.29) is 0 Å². The zero-order valence-electron chi connectivity index (χ0n) is 21.0. The van der Waals surface area contributed by atoms with Gasteiger partial charge in [-0.05, 0) is 22.3 Å². The molecule has 0 saturated carbocycles. The van der Waals surface area contributed by atoms with Crippen molar-refractivity contribution >= 4 is 0 Å². The van der Waals surface area contributed by atoms with Gasteiger partial charge in [0.1, 0.15) is 5.60 Å². The first-order chi connectivity index (χ1) is 17.9. The van der Waals surface area contributed by atoms with Gasteiger partial charge in [0.25, 0.3) is 0 Å². The van der Waals surface area contributed by atoms with Crippen LogP contribution in [0, 0.1) is 0 Å². The fourth-order valence-corrected chi connectivity index (χ4v) is 4.45. The summed E-state index contributed by atoms with van der Waals surface area (Å²) in [5.74, 6) is 0. The Kier molecular flexibility index (Phi) is 11.6. The van der Waals surface area contributed by atoms with E-state index in [1.807, 2.05) is 12.1 Å². The first-order valence-electron chi connectivity index (χ1n) is 12.8. The number of fused-ring (bicyclic) bond motifs is 5. The summed E-state index contributed by atoms with van der Waals surface area (Å²) >= 11 is 0. The molecule has 4 rings (SSSR count). The second-order valence-corrected chi connectivity index (χ2v) is 8.49. The van der Waals surface area contributed by atoms with Gasteiger partial charge < -0.3 is 37.9 Å². The lowest BCUT2D eigenvalue weighted by Gasteiger charge is -2.32. The smallest absolute Gasteiger partial charge is 0.143 e. The molecule has 0 bridgehead atoms. The Morgan fingerprint density at radius 1 is 0.389 bits per heavy atom. The molecule has 2 aliphatic rings. The molecular formula is C28H38O8. The molecule has 0 amide bonds. The maximum Gasteiger partial charge on any atom is 0.143 e. The molecule has 0 N–H and O–H groups in total. The molecule has 0 radical (unpaired) electrons. The van der Waals surface area contributed by atoms with Crippen LogP contribution in [-0.2, 0) is 43.5 Å². The average molecular weight is 503 g/mol. The van der Waals surface area contributed by atoms with Crippen molar-refractivity contribution in [1.29, 1.82) is 0 Å². The Labute approximate surface area is 213 Å². The van der Waals surface area contributed by atoms with Crippen molar-refractivity contribution in [2.24, 2.45) is 0 Å². The van der Waals surface area contributed by atoms with Gasteiger partial charge in [0.2, 0.25) is 0 Å². The largest absolute Gasteiger partial charge is 0.377 e. The highest BCUT2D eigenvalue weighted by Gasteiger charge is 2.44. The molecule has 2 aromatic rings. The van der Waals surface area contributed by atoms with E-state index in [9.17, 15) is 0 Å². The van der Waals surface area contributed by atoms with Gasteiger partial charge in [0.15, 0.2) is 0 Å². The van der Waals surface area contributed by atoms with Gasteiger partial charge in [0.05, 0.1) is 99.1 Å². The number of rotatable bonds is 0. The van der Waals surface area contributed by atoms with Crippen molar-refractivity contribution in [2.45, 2.75) is 5.60 Å². The van der Waals surface area contributed by atoms with E-state index in [1.165, 1.54) is 11.1 Å². The molecule has 8 nitrogen and oxygen atoms in total. The minimum atomic E-state index is -0.693. The minimum absolute atomic E-state index is 0.390. The molecule has 0 aromatic heterocycles. The lowest BCUT2D eigenvalue weighted by atomic mass is 9.92. The van der Waals surface area contributed by atoms with Gasteiger partial charge in [-0.15, -0.1) is 0 Å². The van der Waals surface area contributed by atoms with Crippen molar-refractivity contribution in [3.63, 3.8) is 0 Å². The lowest BCUT2D eigenvalue weighted by Crippen LogP contribution is -2.36. The standard InChI is InChI=1S/C28H38O8/c1-3-7-26-24(5-1)25-6-2-4-8-27(25)28(26)23-35-20-19-33-16-15-31-12-11-29-9-10-30-13-14-32-17-18-34-21-22-36-28/h1-8H,9-23H2. The Balaban J connectivity index is 1.37. The third-order valence-corrected chi connectivity index (χ3v) is 6.13. The molecule has 0 unspecified atom stereocenters. The van der Waals surface area contributed by atoms with Crippen LogP contribution in [0.3, 0.4) is 0 Å². The molecule has 1 heterocycles. The normalized spacial score (nSPS) is 21.8. The van der Waals surface area contributed by atoms with E-state index in [1.54, 1.807) is 0 Å². The second-order valence-electron chi connectivity index (χ2n) is 8.49. The summed E-state index contributed by atoms with van der Waals surface area (Å²) in [6.07, 6.45) is 0. The van der Waals surface area contributed by atoms with Crippen molar-refractivity contribution < 1.29 is 37.9 Å². The maximum absolute atomic E-state index is 6.60. The predicted octanol–water partition coefficient (Wildman–Crippen LogP) is 3.06. The monoisotopic (exact) mass is 502 g/mol. The first kappa shape index (κ1) is 27.2. The fraction of sp³-hybridized carbons (Fsp3) is 0.571. The van der Waals surface area contributed by atoms with Gasteiger partial charge >= 0.3 is 0 Å². The van der Waals surface area contributed by atoms with Crippen LogP contribution in [0.25, 0.3) is 11.1 Å². The molecule has 0 atom stereocenters. The van der Waals surface area contributed by atoms with Crippen LogP contribution in [0.4, 0.5) is 0 Å². The lowest BCUT2D eigenvalue weighted by molar-refractivity contribution is -0.0984. The van der Waals surface area contributed by atoms with E-state index in [2.05, 4.69) is 36.4 Å². The van der Waals surface area contributed by atoms with Crippen molar-refractivity contribution in [1.82, 2.24) is 0 Å². The SMILES string of the molecule is c1ccc2c(c1)-c1ccccc1C21COCCOCCOCCOCCOCCOCCOCCO1. The van der Waals surface area contributed by atoms with Crippen LogP contribution < -0.4 is 0 Å². The summed E-state index contributed by atoms with van der Waals surface area (Å²) in [6.45, 7) is 7.47. The molecule has 1 fully saturated rings. The van der Waals surface area contributed by atoms with Gasteiger partial charge in [-0.3, -0.25) is 0 Å². The number of benzene rings is 2. The Bertz CT molecular complexity index is 818. The molecule has 1 spiro atoms. The minimum Gasteiger partial charge on any atom is -0.377 e. The summed E-state index contributed by atoms with van der Waals surface area (Å²) in [6, 6.07) is 16.8. The predicted molar refractivity (Wildman–Crippen MR) is 134 cm³/mol. The van der Waals surface area contributed by atoms with Gasteiger partial charge in [-0.25, -0.2) is 0 Å². The van der Waals surface area contributed by atoms with Crippen LogP contribution in [0.1, 0.15) is 11.1 Å². The molecular weight excluding hydrogens is 464 g/mol. The summed E-state index contributed by atoms with van der Waals surface area (Å²) in [4.78, 5) is 0. The highest BCUT2D eigenvalue weighted by Crippen LogP contribution is 2.49. The second kappa shape index (κ2) is 15.4. The molecule has 198 valence electrons. The molecule has 2 aromatic carbocycles. The van der Waals surface area contributed by atoms with E-state index >= 15 is 0 Å². The van der Waals surface area contributed by atoms with E-state index in [4.69, 9.17) is 37.9 Å². The zero-order valence-corrected chi connectivity index (χ0v) is 21.0. The first-order valence-corrected chi connectivity index (χ1v) is 12.8. The van der Waals surface area contributed by atoms with Crippen molar-refractivity contribution in [2.75, 3.05) is 99.1 Å². The highest BCUT2D eigenvalue weighted by molar-refractivity contribution is 5.80. The van der Waals surface area contributed by atoms with E-state index in [0.29, 0.717) is 99.1 Å². The summed E-state index contributed by atoms with van der Waals surface area (Å²) in [5.41, 5.74) is 3.90. The topological polar surface area (TPSA) is 73.8 Å². The number of hydrogen-bond donors (Lipinski definition) is 0. The molecule has 1 saturated heterocycles. The van der Waals surface area contributed by atoms with Crippen molar-refractivity contribution in [3.05, 3.63) is 59.7 Å². The number of hydrogen-bond acceptors (Lipinski definition) is 8. The molecule has 8 heteroatoms. The van der Waals surface area contributed by atoms with Crippen molar-refractivity contribution in [3.8, 4) is 11.1 Å². The number of ether oxygens (including phenoxy) is 8. The van der Waals surface area contributed by atoms with Crippen LogP contribution in [0.2, 0.25) is 0 Å². The average Bonchev–Trinajstić information content (AvgIpc) is 3.19. The molecule has 36 heavy (non-hydrogen) atoms. The van der Waals surface area contributed by atoms with E-state index < -0.39 is 5.60 Å². The van der Waals surface area contributed by atoms with Crippen LogP contribution in [0.15, 0.2) is 48.5 Å². The highest BCUT2D eigenvalue weighted by atomic mass is 16.6. The third kappa shape index (κ3) is 7.57. The fourth-order valence-electron chi connectivity index (χ4n) is 4.45. The van der Waals surface area contributed by atoms with Gasteiger partial charge in [0, 0.05) is 0 Å². The summed E-state index contributed by atoms with van der Waals surface area (Å²) in [7, 11) is 0. The Hall–Kier alpha value is -1.88. The Morgan fingerprint density at radius 2 is 0.722 bits per heavy atom. The summed E-state index contributed by atoms with van der Waals surface area (Å²) < 4.78 is 46.3. The van der Waals surface area contributed by atoms with Crippen LogP contribution in [0.5, 0.6) is 0 Å². The van der Waals surface area contributed by atoms with Gasteiger partial charge in [-0.1, -0.05) is 48.5 Å². The van der Waals surface area contributed by atoms with Crippen LogP contribution in [-0.4, -0.2) is 99.1 Å². The molecule has 1 aliphatic carbocycles. The Morgan fingerprint density at radius 3 is 1.14 bits per heavy atom. The third-order valence-electron chi connectivity index (χ3n) is 6.13.